The maximum Gasteiger partial charge on any atom is 0.319 e. The summed E-state index contributed by atoms with van der Waals surface area (Å²) in [5, 5.41) is 9.77. The van der Waals surface area contributed by atoms with E-state index in [9.17, 15) is 4.79 Å². The number of carbonyl (C=O) groups excluding carboxylic acids is 1. The standard InChI is InChI=1S/C32H44N4O2/c1-22(2)28-14-11-15-29(23(3)4)31(28)35-32(37)33-20-30(26-12-9-8-10-13-26)34-24(5)38-21-25-16-18-27(19-17-25)36(6)7/h8-19,22-24,30,34H,20-21H2,1-7H3,(H2,33,35,37). The average Bonchev–Trinajstić information content (AvgIpc) is 2.90. The van der Waals surface area contributed by atoms with Crippen molar-refractivity contribution in [3.05, 3.63) is 95.1 Å². The summed E-state index contributed by atoms with van der Waals surface area (Å²) in [4.78, 5) is 15.2. The van der Waals surface area contributed by atoms with E-state index in [-0.39, 0.29) is 18.3 Å². The van der Waals surface area contributed by atoms with Crippen LogP contribution in [-0.2, 0) is 11.3 Å². The molecule has 0 heterocycles. The topological polar surface area (TPSA) is 65.6 Å². The molecule has 0 aliphatic carbocycles. The molecule has 0 fully saturated rings. The molecule has 0 aliphatic heterocycles. The maximum atomic E-state index is 13.1. The highest BCUT2D eigenvalue weighted by Gasteiger charge is 2.19. The smallest absolute Gasteiger partial charge is 0.319 e. The molecule has 3 N–H and O–H groups in total. The van der Waals surface area contributed by atoms with Gasteiger partial charge in [0.15, 0.2) is 0 Å². The summed E-state index contributed by atoms with van der Waals surface area (Å²) in [6, 6.07) is 24.4. The van der Waals surface area contributed by atoms with Gasteiger partial charge in [0.05, 0.1) is 12.6 Å². The highest BCUT2D eigenvalue weighted by Crippen LogP contribution is 2.32. The van der Waals surface area contributed by atoms with Gasteiger partial charge in [-0.25, -0.2) is 4.79 Å². The number of hydrogen-bond donors (Lipinski definition) is 3. The van der Waals surface area contributed by atoms with Crippen LogP contribution in [-0.4, -0.2) is 32.9 Å². The van der Waals surface area contributed by atoms with Crippen LogP contribution in [0, 0.1) is 0 Å². The summed E-state index contributed by atoms with van der Waals surface area (Å²) < 4.78 is 6.11. The number of urea groups is 1. The zero-order chi connectivity index (χ0) is 27.7. The van der Waals surface area contributed by atoms with Gasteiger partial charge in [-0.1, -0.05) is 88.4 Å². The molecule has 3 aromatic carbocycles. The number of ether oxygens (including phenoxy) is 1. The number of hydrogen-bond acceptors (Lipinski definition) is 4. The Morgan fingerprint density at radius 3 is 1.97 bits per heavy atom. The zero-order valence-electron chi connectivity index (χ0n) is 23.9. The van der Waals surface area contributed by atoms with Crippen LogP contribution in [0.3, 0.4) is 0 Å². The van der Waals surface area contributed by atoms with Crippen LogP contribution < -0.4 is 20.9 Å². The van der Waals surface area contributed by atoms with Crippen LogP contribution >= 0.6 is 0 Å². The molecular formula is C32H44N4O2. The average molecular weight is 517 g/mol. The quantitative estimate of drug-likeness (QED) is 0.226. The van der Waals surface area contributed by atoms with Crippen molar-refractivity contribution in [3.63, 3.8) is 0 Å². The first-order valence-electron chi connectivity index (χ1n) is 13.5. The Morgan fingerprint density at radius 1 is 0.816 bits per heavy atom. The van der Waals surface area contributed by atoms with E-state index >= 15 is 0 Å². The highest BCUT2D eigenvalue weighted by atomic mass is 16.5. The molecule has 2 unspecified atom stereocenters. The van der Waals surface area contributed by atoms with E-state index in [1.165, 1.54) is 0 Å². The van der Waals surface area contributed by atoms with E-state index in [0.29, 0.717) is 25.0 Å². The Bertz CT molecular complexity index is 1120. The second-order valence-electron chi connectivity index (χ2n) is 10.6. The molecule has 3 aromatic rings. The number of nitrogens with one attached hydrogen (secondary N) is 3. The van der Waals surface area contributed by atoms with Crippen molar-refractivity contribution >= 4 is 17.4 Å². The van der Waals surface area contributed by atoms with Gasteiger partial charge < -0.3 is 20.3 Å². The Morgan fingerprint density at radius 2 is 1.42 bits per heavy atom. The largest absolute Gasteiger partial charge is 0.378 e. The number of anilines is 2. The molecule has 0 aromatic heterocycles. The van der Waals surface area contributed by atoms with Gasteiger partial charge in [0.25, 0.3) is 0 Å². The summed E-state index contributed by atoms with van der Waals surface area (Å²) in [5.41, 5.74) is 6.56. The molecule has 2 amide bonds. The minimum absolute atomic E-state index is 0.113. The van der Waals surface area contributed by atoms with Gasteiger partial charge >= 0.3 is 6.03 Å². The van der Waals surface area contributed by atoms with Crippen LogP contribution in [0.1, 0.15) is 74.8 Å². The van der Waals surface area contributed by atoms with Crippen LogP contribution in [0.5, 0.6) is 0 Å². The van der Waals surface area contributed by atoms with Crippen LogP contribution in [0.25, 0.3) is 0 Å². The van der Waals surface area contributed by atoms with Gasteiger partial charge in [-0.15, -0.1) is 0 Å². The number of para-hydroxylation sites is 1. The third-order valence-electron chi connectivity index (χ3n) is 6.67. The fraction of sp³-hybridized carbons (Fsp3) is 0.406. The van der Waals surface area contributed by atoms with Crippen molar-refractivity contribution < 1.29 is 9.53 Å². The second kappa shape index (κ2) is 14.0. The van der Waals surface area contributed by atoms with Gasteiger partial charge in [-0.05, 0) is 53.1 Å². The van der Waals surface area contributed by atoms with E-state index in [1.54, 1.807) is 0 Å². The first kappa shape index (κ1) is 29.2. The van der Waals surface area contributed by atoms with Gasteiger partial charge in [0.2, 0.25) is 0 Å². The molecule has 204 valence electrons. The Kier molecular flexibility index (Phi) is 10.7. The van der Waals surface area contributed by atoms with Crippen LogP contribution in [0.2, 0.25) is 0 Å². The van der Waals surface area contributed by atoms with E-state index in [0.717, 1.165) is 33.6 Å². The van der Waals surface area contributed by atoms with Crippen LogP contribution in [0.4, 0.5) is 16.2 Å². The SMILES string of the molecule is CC(NC(CNC(=O)Nc1c(C(C)C)cccc1C(C)C)c1ccccc1)OCc1ccc(N(C)C)cc1. The number of benzene rings is 3. The Labute approximate surface area is 228 Å². The van der Waals surface area contributed by atoms with E-state index in [1.807, 2.05) is 39.2 Å². The molecule has 0 spiro atoms. The van der Waals surface area contributed by atoms with Crippen molar-refractivity contribution in [3.8, 4) is 0 Å². The number of nitrogens with zero attached hydrogens (tertiary/aromatic N) is 1. The third kappa shape index (κ3) is 8.33. The third-order valence-corrected chi connectivity index (χ3v) is 6.67. The fourth-order valence-electron chi connectivity index (χ4n) is 4.45. The molecule has 0 saturated heterocycles. The summed E-state index contributed by atoms with van der Waals surface area (Å²) in [6.45, 7) is 11.5. The van der Waals surface area contributed by atoms with E-state index < -0.39 is 0 Å². The van der Waals surface area contributed by atoms with Crippen molar-refractivity contribution in [1.29, 1.82) is 0 Å². The lowest BCUT2D eigenvalue weighted by Crippen LogP contribution is -2.41. The molecule has 0 saturated carbocycles. The second-order valence-corrected chi connectivity index (χ2v) is 10.6. The fourth-order valence-corrected chi connectivity index (χ4v) is 4.45. The molecule has 2 atom stereocenters. The van der Waals surface area contributed by atoms with Gasteiger partial charge in [0, 0.05) is 32.0 Å². The summed E-state index contributed by atoms with van der Waals surface area (Å²) in [7, 11) is 4.06. The number of amides is 2. The minimum atomic E-state index is -0.215. The van der Waals surface area contributed by atoms with Crippen molar-refractivity contribution in [2.24, 2.45) is 0 Å². The number of carbonyl (C=O) groups is 1. The molecule has 38 heavy (non-hydrogen) atoms. The van der Waals surface area contributed by atoms with Crippen molar-refractivity contribution in [2.45, 2.75) is 65.3 Å². The first-order valence-corrected chi connectivity index (χ1v) is 13.5. The minimum Gasteiger partial charge on any atom is -0.378 e. The normalized spacial score (nSPS) is 12.9. The van der Waals surface area contributed by atoms with E-state index in [4.69, 9.17) is 4.74 Å². The predicted molar refractivity (Wildman–Crippen MR) is 159 cm³/mol. The molecule has 6 nitrogen and oxygen atoms in total. The van der Waals surface area contributed by atoms with Crippen molar-refractivity contribution in [1.82, 2.24) is 10.6 Å². The predicted octanol–water partition coefficient (Wildman–Crippen LogP) is 7.01. The molecule has 0 radical (unpaired) electrons. The molecule has 3 rings (SSSR count). The zero-order valence-corrected chi connectivity index (χ0v) is 23.9. The molecule has 0 aliphatic rings. The number of rotatable bonds is 12. The van der Waals surface area contributed by atoms with Crippen molar-refractivity contribution in [2.75, 3.05) is 30.9 Å². The molecular weight excluding hydrogens is 472 g/mol. The monoisotopic (exact) mass is 516 g/mol. The lowest BCUT2D eigenvalue weighted by Gasteiger charge is -2.25. The first-order chi connectivity index (χ1) is 18.2. The van der Waals surface area contributed by atoms with Crippen LogP contribution in [0.15, 0.2) is 72.8 Å². The highest BCUT2D eigenvalue weighted by molar-refractivity contribution is 5.91. The maximum absolute atomic E-state index is 13.1. The van der Waals surface area contributed by atoms with Gasteiger partial charge in [0.1, 0.15) is 6.23 Å². The Balaban J connectivity index is 1.64. The molecule has 0 bridgehead atoms. The lowest BCUT2D eigenvalue weighted by molar-refractivity contribution is 0.0223. The molecule has 6 heteroatoms. The summed E-state index contributed by atoms with van der Waals surface area (Å²) in [6.07, 6.45) is -0.215. The Hall–Kier alpha value is -3.35. The van der Waals surface area contributed by atoms with Gasteiger partial charge in [-0.3, -0.25) is 5.32 Å². The van der Waals surface area contributed by atoms with Gasteiger partial charge in [-0.2, -0.15) is 0 Å². The van der Waals surface area contributed by atoms with E-state index in [2.05, 4.69) is 103 Å². The summed E-state index contributed by atoms with van der Waals surface area (Å²) in [5.74, 6) is 0.611. The lowest BCUT2D eigenvalue weighted by atomic mass is 9.93. The summed E-state index contributed by atoms with van der Waals surface area (Å²) >= 11 is 0.